The third-order valence-electron chi connectivity index (χ3n) is 2.36. The zero-order valence-electron chi connectivity index (χ0n) is 11.6. The van der Waals surface area contributed by atoms with Gasteiger partial charge >= 0.3 is 6.09 Å². The number of amides is 1. The van der Waals surface area contributed by atoms with Crippen molar-refractivity contribution in [2.75, 3.05) is 0 Å². The lowest BCUT2D eigenvalue weighted by Gasteiger charge is -2.23. The molecule has 0 radical (unpaired) electrons. The van der Waals surface area contributed by atoms with E-state index in [1.165, 1.54) is 18.2 Å². The number of carbonyl (C=O) groups excluding carboxylic acids is 2. The Hall–Kier alpha value is -1.43. The Morgan fingerprint density at radius 1 is 1.50 bits per heavy atom. The summed E-state index contributed by atoms with van der Waals surface area (Å²) in [4.78, 5) is 22.5. The maximum Gasteiger partial charge on any atom is 0.408 e. The number of rotatable bonds is 4. The van der Waals surface area contributed by atoms with Gasteiger partial charge in [0.25, 0.3) is 0 Å². The van der Waals surface area contributed by atoms with Gasteiger partial charge in [-0.05, 0) is 38.5 Å². The highest BCUT2D eigenvalue weighted by Crippen LogP contribution is 2.26. The number of carbonyl (C=O) groups is 2. The lowest BCUT2D eigenvalue weighted by Crippen LogP contribution is -2.35. The van der Waals surface area contributed by atoms with Crippen LogP contribution >= 0.6 is 15.9 Å². The van der Waals surface area contributed by atoms with Crippen LogP contribution in [0.1, 0.15) is 38.8 Å². The van der Waals surface area contributed by atoms with Crippen LogP contribution in [0.25, 0.3) is 0 Å². The number of aldehydes is 1. The second-order valence-electron chi connectivity index (χ2n) is 5.27. The average molecular weight is 346 g/mol. The van der Waals surface area contributed by atoms with E-state index in [0.29, 0.717) is 16.3 Å². The van der Waals surface area contributed by atoms with E-state index in [0.717, 1.165) is 0 Å². The average Bonchev–Trinajstić information content (AvgIpc) is 2.25. The second kappa shape index (κ2) is 6.83. The molecule has 0 spiro atoms. The second-order valence-corrected chi connectivity index (χ2v) is 6.12. The Labute approximate surface area is 125 Å². The normalized spacial score (nSPS) is 12.7. The quantitative estimate of drug-likeness (QED) is 0.845. The number of hydrogen-bond acceptors (Lipinski definition) is 3. The van der Waals surface area contributed by atoms with E-state index < -0.39 is 23.6 Å². The van der Waals surface area contributed by atoms with Crippen LogP contribution in [0.2, 0.25) is 0 Å². The Kier molecular flexibility index (Phi) is 5.68. The van der Waals surface area contributed by atoms with Crippen molar-refractivity contribution in [3.8, 4) is 0 Å². The summed E-state index contributed by atoms with van der Waals surface area (Å²) >= 11 is 3.22. The molecule has 1 rings (SSSR count). The monoisotopic (exact) mass is 345 g/mol. The first-order chi connectivity index (χ1) is 9.23. The van der Waals surface area contributed by atoms with Crippen molar-refractivity contribution in [3.63, 3.8) is 0 Å². The molecule has 110 valence electrons. The standard InChI is InChI=1S/C14H17BrFNO3/c1-14(2,3)20-13(19)17-12(6-7-18)10-5-4-9(16)8-11(10)15/h4-5,7-8,12H,6H2,1-3H3,(H,17,19)/t12-/m1/s1. The molecule has 1 N–H and O–H groups in total. The summed E-state index contributed by atoms with van der Waals surface area (Å²) in [5.74, 6) is -0.400. The maximum absolute atomic E-state index is 13.1. The molecule has 1 aromatic carbocycles. The first-order valence-corrected chi connectivity index (χ1v) is 6.90. The van der Waals surface area contributed by atoms with Gasteiger partial charge in [-0.2, -0.15) is 0 Å². The smallest absolute Gasteiger partial charge is 0.408 e. The third kappa shape index (κ3) is 5.28. The van der Waals surface area contributed by atoms with Crippen LogP contribution in [-0.4, -0.2) is 18.0 Å². The van der Waals surface area contributed by atoms with Crippen LogP contribution in [0.5, 0.6) is 0 Å². The first kappa shape index (κ1) is 16.6. The summed E-state index contributed by atoms with van der Waals surface area (Å²) in [6.45, 7) is 5.24. The molecule has 0 aliphatic carbocycles. The van der Waals surface area contributed by atoms with Gasteiger partial charge < -0.3 is 14.8 Å². The van der Waals surface area contributed by atoms with Crippen molar-refractivity contribution in [3.05, 3.63) is 34.1 Å². The summed E-state index contributed by atoms with van der Waals surface area (Å²) < 4.78 is 18.7. The van der Waals surface area contributed by atoms with E-state index >= 15 is 0 Å². The Morgan fingerprint density at radius 3 is 2.65 bits per heavy atom. The summed E-state index contributed by atoms with van der Waals surface area (Å²) in [7, 11) is 0. The largest absolute Gasteiger partial charge is 0.444 e. The van der Waals surface area contributed by atoms with E-state index in [1.54, 1.807) is 20.8 Å². The van der Waals surface area contributed by atoms with E-state index in [2.05, 4.69) is 21.2 Å². The van der Waals surface area contributed by atoms with E-state index in [1.807, 2.05) is 0 Å². The highest BCUT2D eigenvalue weighted by Gasteiger charge is 2.21. The minimum Gasteiger partial charge on any atom is -0.444 e. The minimum absolute atomic E-state index is 0.0729. The highest BCUT2D eigenvalue weighted by atomic mass is 79.9. The highest BCUT2D eigenvalue weighted by molar-refractivity contribution is 9.10. The SMILES string of the molecule is CC(C)(C)OC(=O)N[C@H](CC=O)c1ccc(F)cc1Br. The van der Waals surface area contributed by atoms with Gasteiger partial charge in [-0.15, -0.1) is 0 Å². The Balaban J connectivity index is 2.89. The predicted molar refractivity (Wildman–Crippen MR) is 76.9 cm³/mol. The minimum atomic E-state index is -0.629. The molecule has 0 unspecified atom stereocenters. The van der Waals surface area contributed by atoms with Gasteiger partial charge in [0.1, 0.15) is 17.7 Å². The number of hydrogen-bond donors (Lipinski definition) is 1. The molecule has 0 saturated carbocycles. The van der Waals surface area contributed by atoms with E-state index in [-0.39, 0.29) is 6.42 Å². The molecule has 0 aliphatic heterocycles. The van der Waals surface area contributed by atoms with Crippen LogP contribution < -0.4 is 5.32 Å². The van der Waals surface area contributed by atoms with Crippen molar-refractivity contribution < 1.29 is 18.7 Å². The molecule has 1 aromatic rings. The van der Waals surface area contributed by atoms with Crippen molar-refractivity contribution in [2.45, 2.75) is 38.8 Å². The molecule has 0 fully saturated rings. The molecule has 0 aliphatic rings. The van der Waals surface area contributed by atoms with Crippen molar-refractivity contribution in [1.29, 1.82) is 0 Å². The Bertz CT molecular complexity index is 500. The van der Waals surface area contributed by atoms with Crippen LogP contribution in [0.3, 0.4) is 0 Å². The number of halogens is 2. The fourth-order valence-corrected chi connectivity index (χ4v) is 2.22. The topological polar surface area (TPSA) is 55.4 Å². The molecule has 0 saturated heterocycles. The van der Waals surface area contributed by atoms with Crippen molar-refractivity contribution >= 4 is 28.3 Å². The Morgan fingerprint density at radius 2 is 2.15 bits per heavy atom. The van der Waals surface area contributed by atoms with Crippen molar-refractivity contribution in [1.82, 2.24) is 5.32 Å². The summed E-state index contributed by atoms with van der Waals surface area (Å²) in [6.07, 6.45) is 0.141. The molecule has 6 heteroatoms. The van der Waals surface area contributed by atoms with Gasteiger partial charge in [0.15, 0.2) is 0 Å². The van der Waals surface area contributed by atoms with Gasteiger partial charge in [0, 0.05) is 10.9 Å². The van der Waals surface area contributed by atoms with Gasteiger partial charge in [-0.25, -0.2) is 9.18 Å². The molecule has 0 bridgehead atoms. The number of ether oxygens (including phenoxy) is 1. The third-order valence-corrected chi connectivity index (χ3v) is 3.05. The number of alkyl carbamates (subject to hydrolysis) is 1. The number of nitrogens with one attached hydrogen (secondary N) is 1. The van der Waals surface area contributed by atoms with Crippen molar-refractivity contribution in [2.24, 2.45) is 0 Å². The first-order valence-electron chi connectivity index (χ1n) is 6.11. The fraction of sp³-hybridized carbons (Fsp3) is 0.429. The predicted octanol–water partition coefficient (Wildman–Crippen LogP) is 3.74. The number of benzene rings is 1. The zero-order valence-corrected chi connectivity index (χ0v) is 13.2. The fourth-order valence-electron chi connectivity index (χ4n) is 1.59. The summed E-state index contributed by atoms with van der Waals surface area (Å²) in [6, 6.07) is 3.50. The van der Waals surface area contributed by atoms with Crippen LogP contribution in [-0.2, 0) is 9.53 Å². The van der Waals surface area contributed by atoms with Crippen LogP contribution in [0, 0.1) is 5.82 Å². The molecule has 1 atom stereocenters. The van der Waals surface area contributed by atoms with E-state index in [9.17, 15) is 14.0 Å². The lowest BCUT2D eigenvalue weighted by molar-refractivity contribution is -0.108. The summed E-state index contributed by atoms with van der Waals surface area (Å²) in [5, 5.41) is 2.61. The molecule has 0 aromatic heterocycles. The van der Waals surface area contributed by atoms with Gasteiger partial charge in [-0.3, -0.25) is 0 Å². The van der Waals surface area contributed by atoms with Crippen LogP contribution in [0.15, 0.2) is 22.7 Å². The van der Waals surface area contributed by atoms with Crippen LogP contribution in [0.4, 0.5) is 9.18 Å². The maximum atomic E-state index is 13.1. The molecule has 4 nitrogen and oxygen atoms in total. The molecule has 20 heavy (non-hydrogen) atoms. The molecule has 0 heterocycles. The van der Waals surface area contributed by atoms with Gasteiger partial charge in [0.2, 0.25) is 0 Å². The molecular weight excluding hydrogens is 329 g/mol. The van der Waals surface area contributed by atoms with Gasteiger partial charge in [0.05, 0.1) is 6.04 Å². The van der Waals surface area contributed by atoms with Gasteiger partial charge in [-0.1, -0.05) is 22.0 Å². The van der Waals surface area contributed by atoms with E-state index in [4.69, 9.17) is 4.74 Å². The summed E-state index contributed by atoms with van der Waals surface area (Å²) in [5.41, 5.74) is -0.0140. The molecule has 1 amide bonds. The zero-order chi connectivity index (χ0) is 15.3. The molecular formula is C14H17BrFNO3. The lowest BCUT2D eigenvalue weighted by atomic mass is 10.0.